The van der Waals surface area contributed by atoms with Crippen LogP contribution in [0.3, 0.4) is 0 Å². The van der Waals surface area contributed by atoms with Gasteiger partial charge in [-0.1, -0.05) is 218 Å². The van der Waals surface area contributed by atoms with Crippen LogP contribution < -0.4 is 0 Å². The zero-order valence-corrected chi connectivity index (χ0v) is 36.1. The summed E-state index contributed by atoms with van der Waals surface area (Å²) < 4.78 is 0. The van der Waals surface area contributed by atoms with E-state index in [9.17, 15) is 0 Å². The molecule has 0 N–H and O–H groups in total. The highest BCUT2D eigenvalue weighted by molar-refractivity contribution is 6.45. The highest BCUT2D eigenvalue weighted by atomic mass is 14.3. The van der Waals surface area contributed by atoms with Gasteiger partial charge in [0.25, 0.3) is 0 Å². The molecule has 0 amide bonds. The molecule has 0 unspecified atom stereocenters. The second kappa shape index (κ2) is 14.5. The van der Waals surface area contributed by atoms with Crippen molar-refractivity contribution < 1.29 is 0 Å². The molecule has 0 aromatic heterocycles. The van der Waals surface area contributed by atoms with Gasteiger partial charge >= 0.3 is 0 Å². The smallest absolute Gasteiger partial charge is 0.000719 e. The Hall–Kier alpha value is -8.58. The Bertz CT molecular complexity index is 4090. The van der Waals surface area contributed by atoms with E-state index in [0.29, 0.717) is 0 Å². The van der Waals surface area contributed by atoms with Crippen LogP contribution in [0, 0.1) is 0 Å². The van der Waals surface area contributed by atoms with Crippen LogP contribution in [0.15, 0.2) is 243 Å². The van der Waals surface area contributed by atoms with Crippen LogP contribution in [0.2, 0.25) is 0 Å². The summed E-state index contributed by atoms with van der Waals surface area (Å²) in [5.74, 6) is 0. The summed E-state index contributed by atoms with van der Waals surface area (Å²) in [5, 5.41) is 18.4. The normalized spacial score (nSPS) is 11.9. The number of rotatable bonds is 6. The van der Waals surface area contributed by atoms with Crippen LogP contribution in [0.4, 0.5) is 0 Å². The maximum atomic E-state index is 2.52. The first-order chi connectivity index (χ1) is 32.8. The van der Waals surface area contributed by atoms with Crippen molar-refractivity contribution in [3.05, 3.63) is 243 Å². The number of fused-ring (bicyclic) bond motifs is 8. The molecule has 0 heterocycles. The predicted molar refractivity (Wildman–Crippen MR) is 284 cm³/mol. The zero-order valence-electron chi connectivity index (χ0n) is 36.1. The minimum Gasteiger partial charge on any atom is -0.0622 e. The van der Waals surface area contributed by atoms with Crippen molar-refractivity contribution in [3.8, 4) is 66.8 Å². The third-order valence-electron chi connectivity index (χ3n) is 14.3. The molecule has 0 aliphatic rings. The third-order valence-corrected chi connectivity index (χ3v) is 14.3. The van der Waals surface area contributed by atoms with Gasteiger partial charge in [-0.2, -0.15) is 0 Å². The second-order valence-electron chi connectivity index (χ2n) is 17.8. The second-order valence-corrected chi connectivity index (χ2v) is 17.8. The molecule has 0 spiro atoms. The lowest BCUT2D eigenvalue weighted by Crippen LogP contribution is -1.91. The fraction of sp³-hybridized carbons (Fsp3) is 0. The lowest BCUT2D eigenvalue weighted by Gasteiger charge is -2.19. The Morgan fingerprint density at radius 1 is 0.152 bits per heavy atom. The number of hydrogen-bond donors (Lipinski definition) is 0. The van der Waals surface area contributed by atoms with Gasteiger partial charge in [-0.15, -0.1) is 0 Å². The van der Waals surface area contributed by atoms with E-state index in [1.54, 1.807) is 0 Å². The van der Waals surface area contributed by atoms with E-state index in [1.807, 2.05) is 0 Å². The molecule has 0 aliphatic heterocycles. The number of hydrogen-bond acceptors (Lipinski definition) is 0. The molecule has 0 fully saturated rings. The van der Waals surface area contributed by atoms with Crippen LogP contribution in [0.25, 0.3) is 142 Å². The maximum Gasteiger partial charge on any atom is -0.000719 e. The topological polar surface area (TPSA) is 0 Å². The van der Waals surface area contributed by atoms with Gasteiger partial charge in [-0.3, -0.25) is 0 Å². The van der Waals surface area contributed by atoms with E-state index in [1.165, 1.54) is 142 Å². The molecule has 0 atom stereocenters. The van der Waals surface area contributed by atoms with Crippen LogP contribution in [-0.4, -0.2) is 0 Å². The van der Waals surface area contributed by atoms with Crippen LogP contribution >= 0.6 is 0 Å². The van der Waals surface area contributed by atoms with E-state index in [-0.39, 0.29) is 0 Å². The molecule has 0 aliphatic carbocycles. The summed E-state index contributed by atoms with van der Waals surface area (Å²) in [5.41, 5.74) is 14.8. The molecule has 0 saturated carbocycles. The quantitative estimate of drug-likeness (QED) is 0.146. The van der Waals surface area contributed by atoms with E-state index in [4.69, 9.17) is 0 Å². The van der Waals surface area contributed by atoms with E-state index < -0.39 is 0 Å². The minimum atomic E-state index is 1.20. The molecule has 0 bridgehead atoms. The lowest BCUT2D eigenvalue weighted by molar-refractivity contribution is 1.56. The molecule has 0 nitrogen and oxygen atoms in total. The summed E-state index contributed by atoms with van der Waals surface area (Å²) in [6.45, 7) is 0. The maximum absolute atomic E-state index is 2.52. The average molecular weight is 833 g/mol. The van der Waals surface area contributed by atoms with Crippen molar-refractivity contribution in [2.75, 3.05) is 0 Å². The van der Waals surface area contributed by atoms with Gasteiger partial charge in [0, 0.05) is 0 Å². The molecule has 0 saturated heterocycles. The summed E-state index contributed by atoms with van der Waals surface area (Å²) in [6, 6.07) is 90.1. The first-order valence-electron chi connectivity index (χ1n) is 23.0. The molecule has 0 heteroatoms. The Kier molecular flexibility index (Phi) is 8.08. The molecular formula is C66H40. The zero-order chi connectivity index (χ0) is 43.3. The Labute approximate surface area is 383 Å². The average Bonchev–Trinajstić information content (AvgIpc) is 3.90. The molecular weight excluding hydrogens is 793 g/mol. The van der Waals surface area contributed by atoms with Gasteiger partial charge in [-0.05, 0) is 166 Å². The summed E-state index contributed by atoms with van der Waals surface area (Å²) >= 11 is 0. The van der Waals surface area contributed by atoms with Crippen molar-refractivity contribution in [2.45, 2.75) is 0 Å². The first kappa shape index (κ1) is 36.9. The SMILES string of the molecule is c1ccc(-c2cc(-c3ccccc3)cc(-c3ccc(-c4ccc5c6c(-c7ccccc7)c7c(cc8c9ccccc9c9cccc7c98)c(-c7ccccc7)c6c6cccc4c65)cc3)c2)cc1. The largest absolute Gasteiger partial charge is 0.0622 e. The van der Waals surface area contributed by atoms with Crippen LogP contribution in [0.1, 0.15) is 0 Å². The fourth-order valence-electron chi connectivity index (χ4n) is 11.5. The van der Waals surface area contributed by atoms with Gasteiger partial charge in [0.15, 0.2) is 0 Å². The standard InChI is InChI=1S/C66H40/c1-5-17-41(18-6-1)47-37-48(42-19-7-2-8-20-42)39-49(38-47)43-31-33-44(34-32-43)50-35-36-57-62-53(50)27-15-30-56(62)65-60(45-21-9-3-10-22-45)59-40-58-52-26-14-13-25-51(52)54-28-16-29-55(63(54)58)64(59)61(66(57)65)46-23-11-4-12-24-46/h1-40H. The predicted octanol–water partition coefficient (Wildman–Crippen LogP) is 18.6. The fourth-order valence-corrected chi connectivity index (χ4v) is 11.5. The van der Waals surface area contributed by atoms with Gasteiger partial charge in [0.05, 0.1) is 0 Å². The van der Waals surface area contributed by atoms with E-state index in [0.717, 1.165) is 0 Å². The summed E-state index contributed by atoms with van der Waals surface area (Å²) in [6.07, 6.45) is 0. The van der Waals surface area contributed by atoms with Crippen LogP contribution in [-0.2, 0) is 0 Å². The van der Waals surface area contributed by atoms with E-state index in [2.05, 4.69) is 243 Å². The van der Waals surface area contributed by atoms with Crippen molar-refractivity contribution >= 4 is 75.4 Å². The van der Waals surface area contributed by atoms with Gasteiger partial charge in [0.1, 0.15) is 0 Å². The summed E-state index contributed by atoms with van der Waals surface area (Å²) in [4.78, 5) is 0. The Morgan fingerprint density at radius 3 is 1.14 bits per heavy atom. The molecule has 304 valence electrons. The monoisotopic (exact) mass is 832 g/mol. The van der Waals surface area contributed by atoms with Crippen molar-refractivity contribution in [1.29, 1.82) is 0 Å². The van der Waals surface area contributed by atoms with Gasteiger partial charge in [0.2, 0.25) is 0 Å². The highest BCUT2D eigenvalue weighted by Gasteiger charge is 2.27. The minimum absolute atomic E-state index is 1.20. The molecule has 66 heavy (non-hydrogen) atoms. The van der Waals surface area contributed by atoms with Crippen molar-refractivity contribution in [2.24, 2.45) is 0 Å². The third kappa shape index (κ3) is 5.46. The number of benzene rings is 12. The summed E-state index contributed by atoms with van der Waals surface area (Å²) in [7, 11) is 0. The molecule has 14 aromatic rings. The Balaban J connectivity index is 1.04. The van der Waals surface area contributed by atoms with E-state index >= 15 is 0 Å². The molecule has 14 rings (SSSR count). The molecule has 14 aromatic carbocycles. The van der Waals surface area contributed by atoms with Crippen LogP contribution in [0.5, 0.6) is 0 Å². The van der Waals surface area contributed by atoms with Crippen molar-refractivity contribution in [1.82, 2.24) is 0 Å². The first-order valence-corrected chi connectivity index (χ1v) is 23.0. The van der Waals surface area contributed by atoms with Crippen molar-refractivity contribution in [3.63, 3.8) is 0 Å². The highest BCUT2D eigenvalue weighted by Crippen LogP contribution is 2.55. The van der Waals surface area contributed by atoms with Gasteiger partial charge < -0.3 is 0 Å². The molecule has 0 radical (unpaired) electrons. The lowest BCUT2D eigenvalue weighted by atomic mass is 9.84. The van der Waals surface area contributed by atoms with Gasteiger partial charge in [-0.25, -0.2) is 0 Å². The Morgan fingerprint density at radius 2 is 0.545 bits per heavy atom.